The van der Waals surface area contributed by atoms with E-state index in [1.807, 2.05) is 0 Å². The smallest absolute Gasteiger partial charge is 0.0551 e. The number of hydrogen-bond acceptors (Lipinski definition) is 2. The van der Waals surface area contributed by atoms with E-state index in [2.05, 4.69) is 65.6 Å². The maximum Gasteiger partial charge on any atom is 0.0551 e. The van der Waals surface area contributed by atoms with Crippen LogP contribution in [0.2, 0.25) is 0 Å². The standard InChI is InChI=1S/C17H24N2O/c1-15(17-7-4-3-5-8-17)19-11-9-16(14-19)13-18-10-6-12-20-2/h3-5,7-9,11,14-15,18H,6,10,12-13H2,1-2H3. The van der Waals surface area contributed by atoms with Crippen LogP contribution in [0.15, 0.2) is 48.8 Å². The van der Waals surface area contributed by atoms with Crippen LogP contribution in [0.3, 0.4) is 0 Å². The molecule has 3 heteroatoms. The van der Waals surface area contributed by atoms with Crippen molar-refractivity contribution in [2.45, 2.75) is 25.9 Å². The van der Waals surface area contributed by atoms with Gasteiger partial charge in [-0.2, -0.15) is 0 Å². The summed E-state index contributed by atoms with van der Waals surface area (Å²) in [7, 11) is 1.74. The first-order chi connectivity index (χ1) is 9.81. The van der Waals surface area contributed by atoms with Gasteiger partial charge < -0.3 is 14.6 Å². The van der Waals surface area contributed by atoms with Gasteiger partial charge in [0.1, 0.15) is 0 Å². The Bertz CT molecular complexity index is 493. The normalized spacial score (nSPS) is 12.5. The minimum atomic E-state index is 0.374. The lowest BCUT2D eigenvalue weighted by Gasteiger charge is -2.13. The minimum Gasteiger partial charge on any atom is -0.385 e. The maximum atomic E-state index is 5.03. The van der Waals surface area contributed by atoms with Crippen LogP contribution in [0.5, 0.6) is 0 Å². The number of aromatic nitrogens is 1. The van der Waals surface area contributed by atoms with E-state index in [0.29, 0.717) is 6.04 Å². The van der Waals surface area contributed by atoms with Crippen molar-refractivity contribution in [2.75, 3.05) is 20.3 Å². The van der Waals surface area contributed by atoms with E-state index in [0.717, 1.165) is 26.1 Å². The van der Waals surface area contributed by atoms with Crippen LogP contribution in [0.4, 0.5) is 0 Å². The molecule has 2 aromatic rings. The largest absolute Gasteiger partial charge is 0.385 e. The van der Waals surface area contributed by atoms with Gasteiger partial charge in [-0.3, -0.25) is 0 Å². The Kier molecular flexibility index (Phi) is 5.84. The van der Waals surface area contributed by atoms with Gasteiger partial charge >= 0.3 is 0 Å². The number of benzene rings is 1. The van der Waals surface area contributed by atoms with Crippen molar-refractivity contribution in [3.63, 3.8) is 0 Å². The molecule has 108 valence electrons. The monoisotopic (exact) mass is 272 g/mol. The average Bonchev–Trinajstić information content (AvgIpc) is 2.96. The van der Waals surface area contributed by atoms with E-state index in [1.54, 1.807) is 7.11 Å². The van der Waals surface area contributed by atoms with Crippen LogP contribution < -0.4 is 5.32 Å². The first kappa shape index (κ1) is 14.8. The summed E-state index contributed by atoms with van der Waals surface area (Å²) in [5, 5.41) is 3.44. The summed E-state index contributed by atoms with van der Waals surface area (Å²) in [4.78, 5) is 0. The maximum absolute atomic E-state index is 5.03. The van der Waals surface area contributed by atoms with Crippen molar-refractivity contribution >= 4 is 0 Å². The van der Waals surface area contributed by atoms with E-state index >= 15 is 0 Å². The summed E-state index contributed by atoms with van der Waals surface area (Å²) in [5.41, 5.74) is 2.66. The van der Waals surface area contributed by atoms with Crippen LogP contribution in [0.1, 0.15) is 30.5 Å². The molecule has 1 N–H and O–H groups in total. The summed E-state index contributed by atoms with van der Waals surface area (Å²) >= 11 is 0. The van der Waals surface area contributed by atoms with Gasteiger partial charge in [-0.25, -0.2) is 0 Å². The third kappa shape index (κ3) is 4.22. The molecule has 0 aliphatic carbocycles. The molecular weight excluding hydrogens is 248 g/mol. The van der Waals surface area contributed by atoms with Crippen LogP contribution in [0, 0.1) is 0 Å². The van der Waals surface area contributed by atoms with Gasteiger partial charge in [-0.05, 0) is 37.1 Å². The fourth-order valence-electron chi connectivity index (χ4n) is 2.28. The summed E-state index contributed by atoms with van der Waals surface area (Å²) in [6, 6.07) is 13.1. The molecular formula is C17H24N2O. The lowest BCUT2D eigenvalue weighted by Crippen LogP contribution is -2.15. The predicted molar refractivity (Wildman–Crippen MR) is 82.9 cm³/mol. The fourth-order valence-corrected chi connectivity index (χ4v) is 2.28. The number of ether oxygens (including phenoxy) is 1. The Labute approximate surface area is 121 Å². The number of hydrogen-bond donors (Lipinski definition) is 1. The SMILES string of the molecule is COCCCNCc1ccn(C(C)c2ccccc2)c1. The molecule has 1 heterocycles. The molecule has 1 unspecified atom stereocenters. The average molecular weight is 272 g/mol. The Morgan fingerprint density at radius 1 is 1.20 bits per heavy atom. The second-order valence-electron chi connectivity index (χ2n) is 5.08. The summed E-state index contributed by atoms with van der Waals surface area (Å²) in [6.07, 6.45) is 5.43. The molecule has 0 amide bonds. The Balaban J connectivity index is 1.85. The Morgan fingerprint density at radius 2 is 2.00 bits per heavy atom. The number of nitrogens with one attached hydrogen (secondary N) is 1. The second kappa shape index (κ2) is 7.88. The zero-order valence-electron chi connectivity index (χ0n) is 12.4. The first-order valence-electron chi connectivity index (χ1n) is 7.22. The first-order valence-corrected chi connectivity index (χ1v) is 7.22. The van der Waals surface area contributed by atoms with Crippen LogP contribution >= 0.6 is 0 Å². The third-order valence-corrected chi connectivity index (χ3v) is 3.54. The van der Waals surface area contributed by atoms with Crippen LogP contribution in [-0.2, 0) is 11.3 Å². The van der Waals surface area contributed by atoms with Gasteiger partial charge in [-0.1, -0.05) is 30.3 Å². The van der Waals surface area contributed by atoms with E-state index < -0.39 is 0 Å². The molecule has 1 atom stereocenters. The number of nitrogens with zero attached hydrogens (tertiary/aromatic N) is 1. The van der Waals surface area contributed by atoms with Gasteiger partial charge in [0.2, 0.25) is 0 Å². The van der Waals surface area contributed by atoms with Crippen LogP contribution in [0.25, 0.3) is 0 Å². The van der Waals surface area contributed by atoms with Crippen molar-refractivity contribution in [2.24, 2.45) is 0 Å². The fraction of sp³-hybridized carbons (Fsp3) is 0.412. The van der Waals surface area contributed by atoms with Crippen molar-refractivity contribution in [3.8, 4) is 0 Å². The molecule has 0 saturated carbocycles. The molecule has 0 bridgehead atoms. The number of methoxy groups -OCH3 is 1. The molecule has 3 nitrogen and oxygen atoms in total. The van der Waals surface area contributed by atoms with Crippen molar-refractivity contribution in [1.82, 2.24) is 9.88 Å². The molecule has 2 rings (SSSR count). The van der Waals surface area contributed by atoms with E-state index in [4.69, 9.17) is 4.74 Å². The molecule has 0 radical (unpaired) electrons. The highest BCUT2D eigenvalue weighted by atomic mass is 16.5. The van der Waals surface area contributed by atoms with Crippen molar-refractivity contribution < 1.29 is 4.74 Å². The Morgan fingerprint density at radius 3 is 2.75 bits per heavy atom. The van der Waals surface area contributed by atoms with Gasteiger partial charge in [0.15, 0.2) is 0 Å². The summed E-state index contributed by atoms with van der Waals surface area (Å²) in [6.45, 7) is 4.95. The van der Waals surface area contributed by atoms with Gasteiger partial charge in [0.25, 0.3) is 0 Å². The Hall–Kier alpha value is -1.58. The summed E-state index contributed by atoms with van der Waals surface area (Å²) < 4.78 is 7.30. The second-order valence-corrected chi connectivity index (χ2v) is 5.08. The lowest BCUT2D eigenvalue weighted by molar-refractivity contribution is 0.194. The van der Waals surface area contributed by atoms with Crippen molar-refractivity contribution in [1.29, 1.82) is 0 Å². The number of rotatable bonds is 8. The van der Waals surface area contributed by atoms with Gasteiger partial charge in [-0.15, -0.1) is 0 Å². The highest BCUT2D eigenvalue weighted by Gasteiger charge is 2.07. The molecule has 0 saturated heterocycles. The molecule has 0 aliphatic heterocycles. The highest BCUT2D eigenvalue weighted by molar-refractivity contribution is 5.21. The topological polar surface area (TPSA) is 26.2 Å². The molecule has 0 aliphatic rings. The van der Waals surface area contributed by atoms with E-state index in [-0.39, 0.29) is 0 Å². The van der Waals surface area contributed by atoms with Crippen molar-refractivity contribution in [3.05, 3.63) is 59.9 Å². The quantitative estimate of drug-likeness (QED) is 0.747. The van der Waals surface area contributed by atoms with Crippen LogP contribution in [-0.4, -0.2) is 24.8 Å². The predicted octanol–water partition coefficient (Wildman–Crippen LogP) is 3.22. The van der Waals surface area contributed by atoms with E-state index in [1.165, 1.54) is 11.1 Å². The molecule has 20 heavy (non-hydrogen) atoms. The van der Waals surface area contributed by atoms with Gasteiger partial charge in [0, 0.05) is 32.7 Å². The molecule has 0 fully saturated rings. The summed E-state index contributed by atoms with van der Waals surface area (Å²) in [5.74, 6) is 0. The third-order valence-electron chi connectivity index (χ3n) is 3.54. The zero-order chi connectivity index (χ0) is 14.2. The molecule has 1 aromatic heterocycles. The zero-order valence-corrected chi connectivity index (χ0v) is 12.4. The molecule has 1 aromatic carbocycles. The lowest BCUT2D eigenvalue weighted by atomic mass is 10.1. The van der Waals surface area contributed by atoms with Gasteiger partial charge in [0.05, 0.1) is 6.04 Å². The van der Waals surface area contributed by atoms with E-state index in [9.17, 15) is 0 Å². The molecule has 0 spiro atoms. The highest BCUT2D eigenvalue weighted by Crippen LogP contribution is 2.18. The minimum absolute atomic E-state index is 0.374.